The number of carbonyl (C=O) groups is 2. The molecule has 0 saturated heterocycles. The normalized spacial score (nSPS) is 16.9. The van der Waals surface area contributed by atoms with Crippen LogP contribution < -0.4 is 9.47 Å². The molecule has 0 aromatic heterocycles. The van der Waals surface area contributed by atoms with Crippen LogP contribution in [0.1, 0.15) is 38.3 Å². The van der Waals surface area contributed by atoms with Crippen molar-refractivity contribution in [2.24, 2.45) is 5.92 Å². The van der Waals surface area contributed by atoms with E-state index in [1.54, 1.807) is 25.3 Å². The summed E-state index contributed by atoms with van der Waals surface area (Å²) in [6, 6.07) is 4.56. The summed E-state index contributed by atoms with van der Waals surface area (Å²) in [6.07, 6.45) is 0.811. The van der Waals surface area contributed by atoms with Crippen LogP contribution in [0.3, 0.4) is 0 Å². The lowest BCUT2D eigenvalue weighted by molar-refractivity contribution is -0.129. The van der Waals surface area contributed by atoms with Crippen LogP contribution in [0.5, 0.6) is 11.5 Å². The third kappa shape index (κ3) is 4.30. The van der Waals surface area contributed by atoms with E-state index in [9.17, 15) is 14.7 Å². The minimum absolute atomic E-state index is 0.0956. The zero-order chi connectivity index (χ0) is 20.8. The Morgan fingerprint density at radius 1 is 1.21 bits per heavy atom. The van der Waals surface area contributed by atoms with E-state index in [2.05, 4.69) is 0 Å². The van der Waals surface area contributed by atoms with Gasteiger partial charge in [0.05, 0.1) is 25.8 Å². The van der Waals surface area contributed by atoms with Crippen molar-refractivity contribution >= 4 is 11.7 Å². The van der Waals surface area contributed by atoms with E-state index in [1.807, 2.05) is 13.8 Å². The summed E-state index contributed by atoms with van der Waals surface area (Å²) < 4.78 is 16.0. The third-order valence-corrected chi connectivity index (χ3v) is 4.67. The molecule has 0 spiro atoms. The Labute approximate surface area is 165 Å². The minimum atomic E-state index is -0.736. The van der Waals surface area contributed by atoms with Gasteiger partial charge in [-0.25, -0.2) is 0 Å². The molecule has 0 saturated carbocycles. The molecule has 7 nitrogen and oxygen atoms in total. The van der Waals surface area contributed by atoms with Crippen molar-refractivity contribution in [1.82, 2.24) is 4.90 Å². The molecule has 28 heavy (non-hydrogen) atoms. The van der Waals surface area contributed by atoms with Gasteiger partial charge < -0.3 is 24.2 Å². The number of Topliss-reactive ketones (excluding diaryl/α,β-unsaturated/α-hetero) is 1. The molecule has 2 rings (SSSR count). The number of amides is 1. The summed E-state index contributed by atoms with van der Waals surface area (Å²) in [4.78, 5) is 27.2. The molecule has 1 unspecified atom stereocenters. The molecule has 7 heteroatoms. The van der Waals surface area contributed by atoms with Crippen LogP contribution >= 0.6 is 0 Å². The fraction of sp³-hybridized carbons (Fsp3) is 0.524. The highest BCUT2D eigenvalue weighted by molar-refractivity contribution is 6.09. The molecule has 0 aliphatic carbocycles. The molecule has 1 atom stereocenters. The second-order valence-corrected chi connectivity index (χ2v) is 7.11. The fourth-order valence-corrected chi connectivity index (χ4v) is 3.48. The van der Waals surface area contributed by atoms with Crippen molar-refractivity contribution in [3.05, 3.63) is 35.1 Å². The SMILES string of the molecule is COCCCN1C(=O)C(O)=C(C(=O)CC(C)C)C1c1cccc(OC)c1OC. The summed E-state index contributed by atoms with van der Waals surface area (Å²) in [5.41, 5.74) is 0.714. The number of carbonyl (C=O) groups excluding carboxylic acids is 2. The molecule has 1 aliphatic rings. The van der Waals surface area contributed by atoms with Crippen molar-refractivity contribution in [3.8, 4) is 11.5 Å². The largest absolute Gasteiger partial charge is 0.503 e. The molecule has 0 bridgehead atoms. The van der Waals surface area contributed by atoms with E-state index >= 15 is 0 Å². The highest BCUT2D eigenvalue weighted by Gasteiger charge is 2.44. The van der Waals surface area contributed by atoms with E-state index in [0.717, 1.165) is 0 Å². The van der Waals surface area contributed by atoms with Gasteiger partial charge in [-0.15, -0.1) is 0 Å². The molecule has 1 heterocycles. The average Bonchev–Trinajstić information content (AvgIpc) is 2.91. The van der Waals surface area contributed by atoms with E-state index in [-0.39, 0.29) is 23.7 Å². The average molecular weight is 391 g/mol. The van der Waals surface area contributed by atoms with E-state index < -0.39 is 17.7 Å². The number of benzene rings is 1. The smallest absolute Gasteiger partial charge is 0.290 e. The van der Waals surface area contributed by atoms with Crippen LogP contribution in [0.15, 0.2) is 29.5 Å². The highest BCUT2D eigenvalue weighted by Crippen LogP contribution is 2.45. The predicted octanol–water partition coefficient (Wildman–Crippen LogP) is 3.05. The molecule has 154 valence electrons. The number of rotatable bonds is 10. The zero-order valence-corrected chi connectivity index (χ0v) is 17.2. The lowest BCUT2D eigenvalue weighted by Gasteiger charge is -2.28. The Morgan fingerprint density at radius 2 is 1.93 bits per heavy atom. The fourth-order valence-electron chi connectivity index (χ4n) is 3.48. The Kier molecular flexibility index (Phi) is 7.45. The molecular weight excluding hydrogens is 362 g/mol. The van der Waals surface area contributed by atoms with Gasteiger partial charge in [0.1, 0.15) is 0 Å². The standard InChI is InChI=1S/C21H29NO6/c1-13(2)12-15(23)17-18(14-8-6-9-16(27-4)20(14)28-5)22(10-7-11-26-3)21(25)19(17)24/h6,8-9,13,18,24H,7,10-12H2,1-5H3. The van der Waals surface area contributed by atoms with Gasteiger partial charge in [0.25, 0.3) is 5.91 Å². The molecular formula is C21H29NO6. The van der Waals surface area contributed by atoms with Gasteiger partial charge in [-0.2, -0.15) is 0 Å². The number of methoxy groups -OCH3 is 3. The Bertz CT molecular complexity index is 755. The Hall–Kier alpha value is -2.54. The van der Waals surface area contributed by atoms with Crippen molar-refractivity contribution < 1.29 is 28.9 Å². The van der Waals surface area contributed by atoms with Crippen LogP contribution in [0, 0.1) is 5.92 Å². The number of aliphatic hydroxyl groups is 1. The quantitative estimate of drug-likeness (QED) is 0.617. The lowest BCUT2D eigenvalue weighted by atomic mass is 9.91. The van der Waals surface area contributed by atoms with Gasteiger partial charge in [-0.05, 0) is 18.4 Å². The number of para-hydroxylation sites is 1. The van der Waals surface area contributed by atoms with Crippen LogP contribution in [-0.2, 0) is 14.3 Å². The molecule has 1 amide bonds. The van der Waals surface area contributed by atoms with Crippen molar-refractivity contribution in [1.29, 1.82) is 0 Å². The van der Waals surface area contributed by atoms with E-state index in [4.69, 9.17) is 14.2 Å². The van der Waals surface area contributed by atoms with Gasteiger partial charge in [0.15, 0.2) is 23.0 Å². The first-order chi connectivity index (χ1) is 13.4. The summed E-state index contributed by atoms with van der Waals surface area (Å²) in [7, 11) is 4.62. The number of hydrogen-bond donors (Lipinski definition) is 1. The van der Waals surface area contributed by atoms with Crippen LogP contribution in [0.2, 0.25) is 0 Å². The van der Waals surface area contributed by atoms with Gasteiger partial charge in [0, 0.05) is 32.2 Å². The van der Waals surface area contributed by atoms with Crippen LogP contribution in [0.4, 0.5) is 0 Å². The third-order valence-electron chi connectivity index (χ3n) is 4.67. The van der Waals surface area contributed by atoms with Gasteiger partial charge in [-0.1, -0.05) is 26.0 Å². The van der Waals surface area contributed by atoms with Gasteiger partial charge in [-0.3, -0.25) is 9.59 Å². The molecule has 1 N–H and O–H groups in total. The summed E-state index contributed by atoms with van der Waals surface area (Å²) >= 11 is 0. The maximum atomic E-state index is 12.9. The number of aliphatic hydroxyl groups excluding tert-OH is 1. The van der Waals surface area contributed by atoms with Crippen molar-refractivity contribution in [3.63, 3.8) is 0 Å². The minimum Gasteiger partial charge on any atom is -0.503 e. The second kappa shape index (κ2) is 9.59. The maximum Gasteiger partial charge on any atom is 0.290 e. The molecule has 1 aromatic rings. The summed E-state index contributed by atoms with van der Waals surface area (Å²) in [5.74, 6) is -0.269. The van der Waals surface area contributed by atoms with Crippen LogP contribution in [-0.4, -0.2) is 56.2 Å². The van der Waals surface area contributed by atoms with E-state index in [1.165, 1.54) is 19.1 Å². The number of nitrogens with zero attached hydrogens (tertiary/aromatic N) is 1. The summed E-state index contributed by atoms with van der Waals surface area (Å²) in [5, 5.41) is 10.6. The number of ether oxygens (including phenoxy) is 3. The summed E-state index contributed by atoms with van der Waals surface area (Å²) in [6.45, 7) is 4.63. The van der Waals surface area contributed by atoms with Gasteiger partial charge in [0.2, 0.25) is 0 Å². The topological polar surface area (TPSA) is 85.3 Å². The number of ketones is 1. The van der Waals surface area contributed by atoms with Gasteiger partial charge >= 0.3 is 0 Å². The lowest BCUT2D eigenvalue weighted by Crippen LogP contribution is -2.33. The van der Waals surface area contributed by atoms with Crippen molar-refractivity contribution in [2.45, 2.75) is 32.7 Å². The first-order valence-electron chi connectivity index (χ1n) is 9.34. The molecule has 0 radical (unpaired) electrons. The Balaban J connectivity index is 2.57. The number of hydrogen-bond acceptors (Lipinski definition) is 6. The van der Waals surface area contributed by atoms with E-state index in [0.29, 0.717) is 36.6 Å². The van der Waals surface area contributed by atoms with Crippen LogP contribution in [0.25, 0.3) is 0 Å². The molecule has 1 aromatic carbocycles. The molecule has 0 fully saturated rings. The molecule has 1 aliphatic heterocycles. The second-order valence-electron chi connectivity index (χ2n) is 7.11. The Morgan fingerprint density at radius 3 is 2.50 bits per heavy atom. The maximum absolute atomic E-state index is 12.9. The highest BCUT2D eigenvalue weighted by atomic mass is 16.5. The zero-order valence-electron chi connectivity index (χ0n) is 17.2. The predicted molar refractivity (Wildman–Crippen MR) is 105 cm³/mol. The first-order valence-corrected chi connectivity index (χ1v) is 9.34. The monoisotopic (exact) mass is 391 g/mol. The van der Waals surface area contributed by atoms with Crippen molar-refractivity contribution in [2.75, 3.05) is 34.5 Å². The first kappa shape index (κ1) is 21.8.